The molecule has 0 aliphatic rings. The van der Waals surface area contributed by atoms with Crippen molar-refractivity contribution in [3.05, 3.63) is 120 Å². The molecule has 6 rings (SSSR count). The van der Waals surface area contributed by atoms with Gasteiger partial charge in [-0.1, -0.05) is 106 Å². The van der Waals surface area contributed by atoms with Crippen LogP contribution in [0.15, 0.2) is 106 Å². The Morgan fingerprint density at radius 3 is 1.08 bits per heavy atom. The van der Waals surface area contributed by atoms with E-state index in [-0.39, 0.29) is 35.2 Å². The summed E-state index contributed by atoms with van der Waals surface area (Å²) in [4.78, 5) is 32.9. The number of fused-ring (bicyclic) bond motifs is 2. The van der Waals surface area contributed by atoms with E-state index in [4.69, 9.17) is 18.3 Å². The number of furan rings is 2. The van der Waals surface area contributed by atoms with Crippen molar-refractivity contribution in [2.45, 2.75) is 196 Å². The number of carbonyl (C=O) groups excluding carboxylic acids is 2. The normalized spacial score (nSPS) is 12.8. The van der Waals surface area contributed by atoms with Crippen LogP contribution >= 0.6 is 0 Å². The molecular formula is C70H102N4O10S2. The zero-order chi connectivity index (χ0) is 61.9. The minimum Gasteiger partial charge on any atom is -0.494 e. The van der Waals surface area contributed by atoms with Crippen LogP contribution in [0.2, 0.25) is 0 Å². The second-order valence-corrected chi connectivity index (χ2v) is 27.4. The van der Waals surface area contributed by atoms with Gasteiger partial charge in [-0.25, -0.2) is 16.8 Å². The van der Waals surface area contributed by atoms with E-state index in [0.717, 1.165) is 90.6 Å². The van der Waals surface area contributed by atoms with Crippen LogP contribution in [0, 0.1) is 0 Å². The van der Waals surface area contributed by atoms with E-state index in [0.29, 0.717) is 106 Å². The van der Waals surface area contributed by atoms with Crippen LogP contribution < -0.4 is 18.1 Å². The molecule has 474 valence electrons. The van der Waals surface area contributed by atoms with Gasteiger partial charge in [-0.05, 0) is 189 Å². The van der Waals surface area contributed by atoms with Gasteiger partial charge in [-0.15, -0.1) is 0 Å². The van der Waals surface area contributed by atoms with Gasteiger partial charge in [-0.3, -0.25) is 18.2 Å². The first-order chi connectivity index (χ1) is 41.6. The fraction of sp³-hybridized carbons (Fsp3) is 0.571. The van der Waals surface area contributed by atoms with Crippen LogP contribution in [0.25, 0.3) is 21.9 Å². The maximum Gasteiger partial charge on any atom is 0.235 e. The molecule has 2 unspecified atom stereocenters. The average Bonchev–Trinajstić information content (AvgIpc) is 1.90. The number of anilines is 2. The molecule has 0 fully saturated rings. The molecular weight excluding hydrogens is 1120 g/mol. The fourth-order valence-corrected chi connectivity index (χ4v) is 14.9. The first kappa shape index (κ1) is 69.4. The lowest BCUT2D eigenvalue weighted by Crippen LogP contribution is -2.40. The van der Waals surface area contributed by atoms with Gasteiger partial charge in [-0.2, -0.15) is 0 Å². The zero-order valence-electron chi connectivity index (χ0n) is 53.3. The van der Waals surface area contributed by atoms with Gasteiger partial charge >= 0.3 is 0 Å². The van der Waals surface area contributed by atoms with Crippen molar-refractivity contribution in [3.63, 3.8) is 0 Å². The van der Waals surface area contributed by atoms with Crippen LogP contribution in [0.1, 0.15) is 216 Å². The Bertz CT molecular complexity index is 2960. The molecule has 0 spiro atoms. The lowest BCUT2D eigenvalue weighted by atomic mass is 10.0. The maximum atomic E-state index is 14.2. The molecule has 0 N–H and O–H groups in total. The molecule has 14 nitrogen and oxygen atoms in total. The van der Waals surface area contributed by atoms with Crippen molar-refractivity contribution < 1.29 is 44.7 Å². The third kappa shape index (κ3) is 20.4. The number of ether oxygens (including phenoxy) is 2. The first-order valence-electron chi connectivity index (χ1n) is 32.7. The molecule has 86 heavy (non-hydrogen) atoms. The van der Waals surface area contributed by atoms with E-state index >= 15 is 0 Å². The average molecular weight is 1220 g/mol. The topological polar surface area (TPSA) is 160 Å². The molecule has 16 heteroatoms. The zero-order valence-corrected chi connectivity index (χ0v) is 54.9. The third-order valence-corrected chi connectivity index (χ3v) is 20.5. The summed E-state index contributed by atoms with van der Waals surface area (Å²) in [5.41, 5.74) is 3.73. The minimum atomic E-state index is -3.73. The Morgan fingerprint density at radius 2 is 0.756 bits per heavy atom. The molecule has 6 aromatic rings. The molecule has 0 bridgehead atoms. The van der Waals surface area contributed by atoms with Crippen LogP contribution in [-0.2, 0) is 20.0 Å². The summed E-state index contributed by atoms with van der Waals surface area (Å²) in [7, 11) is -7.45. The van der Waals surface area contributed by atoms with Gasteiger partial charge < -0.3 is 28.1 Å². The van der Waals surface area contributed by atoms with Crippen LogP contribution in [0.3, 0.4) is 0 Å². The molecule has 2 atom stereocenters. The Hall–Kier alpha value is -5.68. The summed E-state index contributed by atoms with van der Waals surface area (Å²) in [5.74, 6) is 0.979. The number of hydrogen-bond donors (Lipinski definition) is 0. The van der Waals surface area contributed by atoms with E-state index in [9.17, 15) is 26.4 Å². The quantitative estimate of drug-likeness (QED) is 0.0263. The van der Waals surface area contributed by atoms with Gasteiger partial charge in [0.25, 0.3) is 0 Å². The second kappa shape index (κ2) is 36.0. The molecule has 0 amide bonds. The second-order valence-electron chi connectivity index (χ2n) is 23.4. The molecule has 0 saturated heterocycles. The molecule has 4 aromatic carbocycles. The Labute approximate surface area is 516 Å². The summed E-state index contributed by atoms with van der Waals surface area (Å²) in [6.45, 7) is 24.3. The Balaban J connectivity index is 0.950. The lowest BCUT2D eigenvalue weighted by Gasteiger charge is -2.30. The standard InChI is InChI=1S/C70H102N4O10S2/c1-9-15-41-71(42-16-10-2)45-27-47-81-61-35-29-57(30-36-61)69(75)65-53-83-67-39-33-59(51-63(65)67)73(55(7)13-5)85(77,78)49-25-23-21-19-20-22-24-26-50-86(79,80)74(56(8)14-6)60-34-40-68-64(52-60)66(54-84-68)70(76)58-31-37-62(38-32-58)82-48-28-46-72(43-17-11-3)44-18-12-4/h29-40,51-56H,9-28,41-50H2,1-8H3. The number of sulfonamides is 2. The maximum absolute atomic E-state index is 14.2. The number of benzene rings is 4. The van der Waals surface area contributed by atoms with Crippen molar-refractivity contribution in [1.29, 1.82) is 0 Å². The van der Waals surface area contributed by atoms with E-state index in [1.807, 2.05) is 52.0 Å². The van der Waals surface area contributed by atoms with Crippen molar-refractivity contribution in [2.24, 2.45) is 0 Å². The van der Waals surface area contributed by atoms with Gasteiger partial charge in [0.15, 0.2) is 11.6 Å². The Kier molecular flexibility index (Phi) is 29.0. The van der Waals surface area contributed by atoms with E-state index < -0.39 is 20.0 Å². The highest BCUT2D eigenvalue weighted by molar-refractivity contribution is 7.93. The number of carbonyl (C=O) groups is 2. The predicted octanol–water partition coefficient (Wildman–Crippen LogP) is 16.7. The van der Waals surface area contributed by atoms with Crippen LogP contribution in [-0.4, -0.2) is 114 Å². The smallest absolute Gasteiger partial charge is 0.235 e. The molecule has 2 aromatic heterocycles. The lowest BCUT2D eigenvalue weighted by molar-refractivity contribution is 0.103. The van der Waals surface area contributed by atoms with E-state index in [2.05, 4.69) is 37.5 Å². The SMILES string of the molecule is CCCCN(CCCC)CCCOc1ccc(C(=O)c2coc3ccc(N(C(C)CC)S(=O)(=O)CCCCCCCCCCS(=O)(=O)N(c4ccc5occ(C(=O)c6ccc(OCCCN(CCCC)CCCC)cc6)c5c4)C(C)CC)cc23)cc1. The van der Waals surface area contributed by atoms with Crippen molar-refractivity contribution in [2.75, 3.05) is 72.6 Å². The van der Waals surface area contributed by atoms with Crippen LogP contribution in [0.5, 0.6) is 11.5 Å². The number of ketones is 2. The highest BCUT2D eigenvalue weighted by Gasteiger charge is 2.30. The number of unbranched alkanes of at least 4 members (excludes halogenated alkanes) is 11. The predicted molar refractivity (Wildman–Crippen MR) is 354 cm³/mol. The van der Waals surface area contributed by atoms with Gasteiger partial charge in [0.2, 0.25) is 20.0 Å². The molecule has 0 radical (unpaired) electrons. The summed E-state index contributed by atoms with van der Waals surface area (Å²) in [6.07, 6.45) is 21.6. The van der Waals surface area contributed by atoms with E-state index in [1.165, 1.54) is 72.5 Å². The fourth-order valence-electron chi connectivity index (χ4n) is 11.1. The summed E-state index contributed by atoms with van der Waals surface area (Å²) < 4.78 is 83.4. The van der Waals surface area contributed by atoms with Crippen LogP contribution in [0.4, 0.5) is 11.4 Å². The number of nitrogens with zero attached hydrogens (tertiary/aromatic N) is 4. The summed E-state index contributed by atoms with van der Waals surface area (Å²) >= 11 is 0. The first-order valence-corrected chi connectivity index (χ1v) is 35.9. The number of rotatable bonds is 45. The van der Waals surface area contributed by atoms with Gasteiger partial charge in [0.1, 0.15) is 35.2 Å². The summed E-state index contributed by atoms with van der Waals surface area (Å²) in [5, 5.41) is 1.12. The van der Waals surface area contributed by atoms with Crippen molar-refractivity contribution in [1.82, 2.24) is 9.80 Å². The number of hydrogen-bond acceptors (Lipinski definition) is 12. The largest absolute Gasteiger partial charge is 0.494 e. The molecule has 0 aliphatic heterocycles. The highest BCUT2D eigenvalue weighted by Crippen LogP contribution is 2.34. The molecule has 2 heterocycles. The minimum absolute atomic E-state index is 0.00556. The van der Waals surface area contributed by atoms with Crippen molar-refractivity contribution in [3.8, 4) is 11.5 Å². The summed E-state index contributed by atoms with van der Waals surface area (Å²) in [6, 6.07) is 24.3. The monoisotopic (exact) mass is 1220 g/mol. The molecule has 0 aliphatic carbocycles. The van der Waals surface area contributed by atoms with Gasteiger partial charge in [0, 0.05) is 47.1 Å². The highest BCUT2D eigenvalue weighted by atomic mass is 32.2. The Morgan fingerprint density at radius 1 is 0.430 bits per heavy atom. The van der Waals surface area contributed by atoms with Gasteiger partial charge in [0.05, 0.1) is 47.2 Å². The third-order valence-electron chi connectivity index (χ3n) is 16.6. The van der Waals surface area contributed by atoms with Crippen molar-refractivity contribution >= 4 is 64.9 Å². The molecule has 0 saturated carbocycles. The van der Waals surface area contributed by atoms with E-state index in [1.54, 1.807) is 60.7 Å².